The Labute approximate surface area is 183 Å². The summed E-state index contributed by atoms with van der Waals surface area (Å²) in [7, 11) is 0. The maximum Gasteiger partial charge on any atom is 0.250 e. The number of rotatable bonds is 6. The predicted octanol–water partition coefficient (Wildman–Crippen LogP) is 7.89. The van der Waals surface area contributed by atoms with Crippen LogP contribution in [0, 0.1) is 0 Å². The molecule has 0 saturated carbocycles. The lowest BCUT2D eigenvalue weighted by Gasteiger charge is -2.21. The molecular weight excluding hydrogens is 364 g/mol. The van der Waals surface area contributed by atoms with E-state index in [1.807, 2.05) is 0 Å². The van der Waals surface area contributed by atoms with Gasteiger partial charge in [0.05, 0.1) is 0 Å². The number of para-hydroxylation sites is 2. The molecule has 0 N–H and O–H groups in total. The molecule has 1 aliphatic heterocycles. The highest BCUT2D eigenvalue weighted by atomic mass is 15.3. The first-order valence-electron chi connectivity index (χ1n) is 11.5. The third-order valence-corrected chi connectivity index (χ3v) is 6.16. The van der Waals surface area contributed by atoms with Gasteiger partial charge < -0.3 is 0 Å². The van der Waals surface area contributed by atoms with Crippen LogP contribution in [0.2, 0.25) is 0 Å². The molecule has 2 aromatic rings. The molecule has 0 spiro atoms. The lowest BCUT2D eigenvalue weighted by Crippen LogP contribution is -2.20. The fraction of sp³-hybridized carbons (Fsp3) is 0.464. The van der Waals surface area contributed by atoms with Gasteiger partial charge in [0.2, 0.25) is 6.34 Å². The summed E-state index contributed by atoms with van der Waals surface area (Å²) < 4.78 is 2.42. The third kappa shape index (κ3) is 4.10. The maximum atomic E-state index is 4.49. The molecule has 0 aromatic heterocycles. The summed E-state index contributed by atoms with van der Waals surface area (Å²) in [6, 6.07) is 13.5. The van der Waals surface area contributed by atoms with E-state index in [0.717, 1.165) is 12.2 Å². The summed E-state index contributed by atoms with van der Waals surface area (Å²) in [5.41, 5.74) is 9.42. The van der Waals surface area contributed by atoms with Crippen molar-refractivity contribution in [2.45, 2.75) is 79.1 Å². The highest BCUT2D eigenvalue weighted by Gasteiger charge is 2.34. The second-order valence-electron chi connectivity index (χ2n) is 9.87. The van der Waals surface area contributed by atoms with E-state index < -0.39 is 0 Å². The maximum absolute atomic E-state index is 4.49. The summed E-state index contributed by atoms with van der Waals surface area (Å²) >= 11 is 0. The Hall–Kier alpha value is -2.35. The fourth-order valence-electron chi connectivity index (χ4n) is 4.52. The average molecular weight is 404 g/mol. The quantitative estimate of drug-likeness (QED) is 0.444. The minimum Gasteiger partial charge on any atom is -0.225 e. The lowest BCUT2D eigenvalue weighted by molar-refractivity contribution is -0.420. The zero-order valence-electron chi connectivity index (χ0n) is 20.2. The van der Waals surface area contributed by atoms with Crippen molar-refractivity contribution in [1.29, 1.82) is 0 Å². The van der Waals surface area contributed by atoms with Gasteiger partial charge in [0.25, 0.3) is 0 Å². The molecule has 30 heavy (non-hydrogen) atoms. The van der Waals surface area contributed by atoms with E-state index in [0.29, 0.717) is 23.7 Å². The molecule has 0 unspecified atom stereocenters. The first-order valence-corrected chi connectivity index (χ1v) is 11.5. The van der Waals surface area contributed by atoms with Gasteiger partial charge in [0.1, 0.15) is 17.1 Å². The van der Waals surface area contributed by atoms with Crippen molar-refractivity contribution in [3.63, 3.8) is 0 Å². The van der Waals surface area contributed by atoms with E-state index >= 15 is 0 Å². The molecule has 160 valence electrons. The smallest absolute Gasteiger partial charge is 0.225 e. The largest absolute Gasteiger partial charge is 0.250 e. The zero-order chi connectivity index (χ0) is 22.2. The van der Waals surface area contributed by atoms with Crippen molar-refractivity contribution in [3.8, 4) is 0 Å². The molecule has 0 saturated heterocycles. The van der Waals surface area contributed by atoms with E-state index in [-0.39, 0.29) is 0 Å². The van der Waals surface area contributed by atoms with Crippen molar-refractivity contribution < 1.29 is 4.58 Å². The average Bonchev–Trinajstić information content (AvgIpc) is 3.07. The number of hydrogen-bond donors (Lipinski definition) is 0. The van der Waals surface area contributed by atoms with E-state index in [9.17, 15) is 0 Å². The van der Waals surface area contributed by atoms with Crippen LogP contribution < -0.4 is 4.90 Å². The van der Waals surface area contributed by atoms with E-state index in [4.69, 9.17) is 0 Å². The Bertz CT molecular complexity index is 908. The van der Waals surface area contributed by atoms with Crippen LogP contribution in [0.3, 0.4) is 0 Å². The van der Waals surface area contributed by atoms with Crippen LogP contribution in [0.1, 0.15) is 101 Å². The minimum absolute atomic E-state index is 0.461. The molecule has 0 bridgehead atoms. The molecular formula is C28H39N2+. The predicted molar refractivity (Wildman–Crippen MR) is 132 cm³/mol. The highest BCUT2D eigenvalue weighted by molar-refractivity contribution is 5.87. The second kappa shape index (κ2) is 8.79. The molecule has 2 aromatic carbocycles. The third-order valence-electron chi connectivity index (χ3n) is 6.16. The summed E-state index contributed by atoms with van der Waals surface area (Å²) in [5.74, 6) is 1.87. The molecule has 2 nitrogen and oxygen atoms in total. The first-order chi connectivity index (χ1) is 14.1. The van der Waals surface area contributed by atoms with E-state index in [1.54, 1.807) is 0 Å². The molecule has 0 radical (unpaired) electrons. The monoisotopic (exact) mass is 403 g/mol. The number of nitrogens with zero attached hydrogens (tertiary/aromatic N) is 2. The van der Waals surface area contributed by atoms with Crippen molar-refractivity contribution in [1.82, 2.24) is 0 Å². The van der Waals surface area contributed by atoms with Gasteiger partial charge in [-0.2, -0.15) is 4.90 Å². The molecule has 0 fully saturated rings. The molecule has 0 amide bonds. The van der Waals surface area contributed by atoms with Crippen molar-refractivity contribution >= 4 is 17.7 Å². The first kappa shape index (κ1) is 22.3. The van der Waals surface area contributed by atoms with Gasteiger partial charge in [-0.1, -0.05) is 98.4 Å². The normalized spacial score (nSPS) is 14.6. The van der Waals surface area contributed by atoms with Gasteiger partial charge in [-0.15, -0.1) is 0 Å². The van der Waals surface area contributed by atoms with Crippen LogP contribution in [-0.2, 0) is 0 Å². The van der Waals surface area contributed by atoms with Gasteiger partial charge >= 0.3 is 0 Å². The Morgan fingerprint density at radius 1 is 0.700 bits per heavy atom. The molecule has 1 aliphatic rings. The van der Waals surface area contributed by atoms with Crippen molar-refractivity contribution in [2.75, 3.05) is 11.4 Å². The summed E-state index contributed by atoms with van der Waals surface area (Å²) in [4.78, 5) is 2.35. The molecule has 0 atom stereocenters. The molecule has 0 aliphatic carbocycles. The van der Waals surface area contributed by atoms with Gasteiger partial charge in [-0.25, -0.2) is 4.58 Å². The fourth-order valence-corrected chi connectivity index (χ4v) is 4.52. The van der Waals surface area contributed by atoms with Gasteiger partial charge in [0.15, 0.2) is 6.54 Å². The Morgan fingerprint density at radius 2 is 1.10 bits per heavy atom. The minimum atomic E-state index is 0.461. The van der Waals surface area contributed by atoms with Crippen LogP contribution in [-0.4, -0.2) is 17.5 Å². The lowest BCUT2D eigenvalue weighted by atomic mass is 9.92. The molecule has 2 heteroatoms. The van der Waals surface area contributed by atoms with Crippen LogP contribution in [0.4, 0.5) is 11.4 Å². The van der Waals surface area contributed by atoms with Crippen LogP contribution in [0.25, 0.3) is 0 Å². The number of hydrogen-bond acceptors (Lipinski definition) is 1. The van der Waals surface area contributed by atoms with Crippen LogP contribution in [0.5, 0.6) is 0 Å². The molecule has 1 heterocycles. The van der Waals surface area contributed by atoms with Gasteiger partial charge in [0, 0.05) is 22.3 Å². The van der Waals surface area contributed by atoms with Crippen molar-refractivity contribution in [3.05, 3.63) is 70.9 Å². The van der Waals surface area contributed by atoms with Crippen LogP contribution in [0.15, 0.2) is 48.7 Å². The Balaban J connectivity index is 2.22. The van der Waals surface area contributed by atoms with Crippen LogP contribution >= 0.6 is 0 Å². The summed E-state index contributed by atoms with van der Waals surface area (Å²) in [6.07, 6.45) is 2.29. The number of benzene rings is 2. The highest BCUT2D eigenvalue weighted by Crippen LogP contribution is 2.40. The van der Waals surface area contributed by atoms with Crippen molar-refractivity contribution in [2.24, 2.45) is 0 Å². The zero-order valence-corrected chi connectivity index (χ0v) is 20.2. The molecule has 3 rings (SSSR count). The Kier molecular flexibility index (Phi) is 6.55. The van der Waals surface area contributed by atoms with Gasteiger partial charge in [-0.3, -0.25) is 0 Å². The van der Waals surface area contributed by atoms with E-state index in [1.165, 1.54) is 33.6 Å². The standard InChI is InChI=1S/C28H39N2/c1-18(2)23-12-10-13-24(19(3)4)27(23)29-16-22(9)30(17-29)28-25(20(5)6)14-11-15-26(28)21(7)8/h10-15,17-21H,9,16H2,1-8H3/q+1. The van der Waals surface area contributed by atoms with E-state index in [2.05, 4.69) is 114 Å². The number of anilines is 1. The van der Waals surface area contributed by atoms with Gasteiger partial charge in [-0.05, 0) is 23.7 Å². The second-order valence-corrected chi connectivity index (χ2v) is 9.87. The Morgan fingerprint density at radius 3 is 1.50 bits per heavy atom. The topological polar surface area (TPSA) is 6.25 Å². The summed E-state index contributed by atoms with van der Waals surface area (Å²) in [5, 5.41) is 0. The summed E-state index contributed by atoms with van der Waals surface area (Å²) in [6.45, 7) is 23.6. The SMILES string of the molecule is C=C1C[N+](c2c(C(C)C)cccc2C(C)C)=CN1c1c(C(C)C)cccc1C(C)C.